The Labute approximate surface area is 87.8 Å². The Morgan fingerprint density at radius 3 is 2.93 bits per heavy atom. The summed E-state index contributed by atoms with van der Waals surface area (Å²) < 4.78 is 22.5. The topological polar surface area (TPSA) is 35.5 Å². The Morgan fingerprint density at radius 1 is 1.47 bits per heavy atom. The molecule has 0 heterocycles. The van der Waals surface area contributed by atoms with Crippen LogP contribution < -0.4 is 4.74 Å². The van der Waals surface area contributed by atoms with Crippen molar-refractivity contribution in [2.24, 2.45) is 0 Å². The zero-order valence-electron chi connectivity index (χ0n) is 8.53. The first-order valence-electron chi connectivity index (χ1n) is 4.76. The van der Waals surface area contributed by atoms with Crippen molar-refractivity contribution in [1.82, 2.24) is 0 Å². The molecule has 4 heteroatoms. The number of carbonyl (C=O) groups excluding carboxylic acids is 1. The van der Waals surface area contributed by atoms with Gasteiger partial charge in [0.15, 0.2) is 6.61 Å². The summed E-state index contributed by atoms with van der Waals surface area (Å²) in [7, 11) is 0. The lowest BCUT2D eigenvalue weighted by Gasteiger charge is -2.05. The van der Waals surface area contributed by atoms with E-state index in [1.54, 1.807) is 6.07 Å². The highest BCUT2D eigenvalue weighted by molar-refractivity contribution is 5.71. The molecule has 0 spiro atoms. The number of ether oxygens (including phenoxy) is 2. The van der Waals surface area contributed by atoms with Gasteiger partial charge in [-0.2, -0.15) is 0 Å². The van der Waals surface area contributed by atoms with Crippen LogP contribution in [0, 0.1) is 5.82 Å². The minimum absolute atomic E-state index is 0.191. The first kappa shape index (κ1) is 11.5. The maximum Gasteiger partial charge on any atom is 0.344 e. The van der Waals surface area contributed by atoms with E-state index in [9.17, 15) is 9.18 Å². The number of esters is 1. The molecule has 0 fully saturated rings. The number of rotatable bonds is 5. The van der Waals surface area contributed by atoms with Gasteiger partial charge in [0, 0.05) is 6.07 Å². The first-order chi connectivity index (χ1) is 7.22. The predicted octanol–water partition coefficient (Wildman–Crippen LogP) is 2.16. The normalized spacial score (nSPS) is 9.73. The molecular formula is C11H13FO3. The van der Waals surface area contributed by atoms with Gasteiger partial charge >= 0.3 is 5.97 Å². The molecule has 3 nitrogen and oxygen atoms in total. The van der Waals surface area contributed by atoms with Crippen LogP contribution in [0.25, 0.3) is 0 Å². The number of hydrogen-bond acceptors (Lipinski definition) is 3. The lowest BCUT2D eigenvalue weighted by molar-refractivity contribution is -0.146. The molecule has 0 saturated carbocycles. The Morgan fingerprint density at radius 2 is 2.27 bits per heavy atom. The van der Waals surface area contributed by atoms with Gasteiger partial charge < -0.3 is 9.47 Å². The monoisotopic (exact) mass is 212 g/mol. The summed E-state index contributed by atoms with van der Waals surface area (Å²) in [5.74, 6) is -0.515. The van der Waals surface area contributed by atoms with Gasteiger partial charge in [0.1, 0.15) is 11.6 Å². The predicted molar refractivity (Wildman–Crippen MR) is 53.1 cm³/mol. The molecule has 1 aromatic carbocycles. The molecule has 0 atom stereocenters. The molecule has 0 N–H and O–H groups in total. The summed E-state index contributed by atoms with van der Waals surface area (Å²) in [6.07, 6.45) is 0.770. The summed E-state index contributed by atoms with van der Waals surface area (Å²) in [5.41, 5.74) is 0. The van der Waals surface area contributed by atoms with Crippen molar-refractivity contribution in [3.63, 3.8) is 0 Å². The van der Waals surface area contributed by atoms with Crippen LogP contribution in [-0.4, -0.2) is 19.2 Å². The van der Waals surface area contributed by atoms with Crippen molar-refractivity contribution in [1.29, 1.82) is 0 Å². The van der Waals surface area contributed by atoms with Crippen molar-refractivity contribution < 1.29 is 18.7 Å². The molecule has 82 valence electrons. The molecule has 1 rings (SSSR count). The smallest absolute Gasteiger partial charge is 0.344 e. The zero-order valence-corrected chi connectivity index (χ0v) is 8.53. The fourth-order valence-corrected chi connectivity index (χ4v) is 0.957. The van der Waals surface area contributed by atoms with E-state index in [2.05, 4.69) is 0 Å². The molecular weight excluding hydrogens is 199 g/mol. The zero-order chi connectivity index (χ0) is 11.1. The summed E-state index contributed by atoms with van der Waals surface area (Å²) in [6, 6.07) is 5.62. The summed E-state index contributed by atoms with van der Waals surface area (Å²) in [6.45, 7) is 2.09. The van der Waals surface area contributed by atoms with Crippen molar-refractivity contribution in [3.8, 4) is 5.75 Å². The molecule has 0 aromatic heterocycles. The van der Waals surface area contributed by atoms with Gasteiger partial charge in [-0.3, -0.25) is 0 Å². The van der Waals surface area contributed by atoms with E-state index in [1.807, 2.05) is 6.92 Å². The molecule has 0 amide bonds. The maximum absolute atomic E-state index is 12.7. The lowest BCUT2D eigenvalue weighted by Crippen LogP contribution is -2.15. The number of benzene rings is 1. The van der Waals surface area contributed by atoms with Gasteiger partial charge in [-0.05, 0) is 18.6 Å². The fraction of sp³-hybridized carbons (Fsp3) is 0.364. The van der Waals surface area contributed by atoms with Gasteiger partial charge in [-0.15, -0.1) is 0 Å². The van der Waals surface area contributed by atoms with E-state index >= 15 is 0 Å². The quantitative estimate of drug-likeness (QED) is 0.701. The van der Waals surface area contributed by atoms with E-state index in [1.165, 1.54) is 18.2 Å². The number of hydrogen-bond donors (Lipinski definition) is 0. The van der Waals surface area contributed by atoms with Gasteiger partial charge in [0.05, 0.1) is 6.61 Å². The average Bonchev–Trinajstić information content (AvgIpc) is 2.23. The van der Waals surface area contributed by atoms with E-state index in [0.717, 1.165) is 6.42 Å². The van der Waals surface area contributed by atoms with Crippen LogP contribution in [-0.2, 0) is 9.53 Å². The standard InChI is InChI=1S/C11H13FO3/c1-2-6-14-11(13)8-15-10-5-3-4-9(12)7-10/h3-5,7H,2,6,8H2,1H3. The molecule has 0 aliphatic rings. The van der Waals surface area contributed by atoms with Crippen LogP contribution in [0.2, 0.25) is 0 Å². The molecule has 0 aliphatic carbocycles. The Bertz CT molecular complexity index is 325. The van der Waals surface area contributed by atoms with Gasteiger partial charge in [-0.1, -0.05) is 13.0 Å². The van der Waals surface area contributed by atoms with Crippen LogP contribution in [0.15, 0.2) is 24.3 Å². The van der Waals surface area contributed by atoms with Crippen molar-refractivity contribution >= 4 is 5.97 Å². The summed E-state index contributed by atoms with van der Waals surface area (Å²) in [4.78, 5) is 11.0. The van der Waals surface area contributed by atoms with Crippen molar-refractivity contribution in [2.75, 3.05) is 13.2 Å². The SMILES string of the molecule is CCCOC(=O)COc1cccc(F)c1. The van der Waals surface area contributed by atoms with E-state index in [0.29, 0.717) is 12.4 Å². The van der Waals surface area contributed by atoms with Crippen LogP contribution in [0.5, 0.6) is 5.75 Å². The van der Waals surface area contributed by atoms with E-state index in [4.69, 9.17) is 9.47 Å². The van der Waals surface area contributed by atoms with Crippen molar-refractivity contribution in [3.05, 3.63) is 30.1 Å². The van der Waals surface area contributed by atoms with Gasteiger partial charge in [-0.25, -0.2) is 9.18 Å². The second kappa shape index (κ2) is 6.01. The maximum atomic E-state index is 12.7. The van der Waals surface area contributed by atoms with E-state index in [-0.39, 0.29) is 6.61 Å². The van der Waals surface area contributed by atoms with Crippen LogP contribution in [0.4, 0.5) is 4.39 Å². The van der Waals surface area contributed by atoms with Crippen molar-refractivity contribution in [2.45, 2.75) is 13.3 Å². The summed E-state index contributed by atoms with van der Waals surface area (Å²) >= 11 is 0. The first-order valence-corrected chi connectivity index (χ1v) is 4.76. The van der Waals surface area contributed by atoms with Crippen LogP contribution in [0.1, 0.15) is 13.3 Å². The lowest BCUT2D eigenvalue weighted by atomic mass is 10.3. The Balaban J connectivity index is 2.33. The molecule has 0 bridgehead atoms. The third-order valence-corrected chi connectivity index (χ3v) is 1.62. The molecule has 0 unspecified atom stereocenters. The highest BCUT2D eigenvalue weighted by Gasteiger charge is 2.03. The van der Waals surface area contributed by atoms with Crippen LogP contribution >= 0.6 is 0 Å². The number of halogens is 1. The van der Waals surface area contributed by atoms with Crippen LogP contribution in [0.3, 0.4) is 0 Å². The third kappa shape index (κ3) is 4.44. The molecule has 0 aliphatic heterocycles. The molecule has 15 heavy (non-hydrogen) atoms. The largest absolute Gasteiger partial charge is 0.482 e. The Kier molecular flexibility index (Phi) is 4.60. The second-order valence-electron chi connectivity index (χ2n) is 2.97. The molecule has 0 radical (unpaired) electrons. The fourth-order valence-electron chi connectivity index (χ4n) is 0.957. The minimum atomic E-state index is -0.443. The third-order valence-electron chi connectivity index (χ3n) is 1.62. The van der Waals surface area contributed by atoms with E-state index < -0.39 is 11.8 Å². The molecule has 1 aromatic rings. The highest BCUT2D eigenvalue weighted by Crippen LogP contribution is 2.11. The highest BCUT2D eigenvalue weighted by atomic mass is 19.1. The second-order valence-corrected chi connectivity index (χ2v) is 2.97. The number of carbonyl (C=O) groups is 1. The summed E-state index contributed by atoms with van der Waals surface area (Å²) in [5, 5.41) is 0. The van der Waals surface area contributed by atoms with Gasteiger partial charge in [0.2, 0.25) is 0 Å². The Hall–Kier alpha value is -1.58. The van der Waals surface area contributed by atoms with Gasteiger partial charge in [0.25, 0.3) is 0 Å². The minimum Gasteiger partial charge on any atom is -0.482 e. The average molecular weight is 212 g/mol. The molecule has 0 saturated heterocycles.